The van der Waals surface area contributed by atoms with Gasteiger partial charge in [-0.2, -0.15) is 0 Å². The van der Waals surface area contributed by atoms with Gasteiger partial charge in [-0.1, -0.05) is 0 Å². The molecule has 0 unspecified atom stereocenters. The van der Waals surface area contributed by atoms with Crippen molar-refractivity contribution < 1.29 is 4.74 Å². The van der Waals surface area contributed by atoms with Crippen molar-refractivity contribution in [2.75, 3.05) is 7.11 Å². The molecule has 0 fully saturated rings. The molecule has 0 saturated carbocycles. The number of methoxy groups -OCH3 is 1. The van der Waals surface area contributed by atoms with Crippen LogP contribution in [0.5, 0.6) is 5.75 Å². The van der Waals surface area contributed by atoms with Crippen molar-refractivity contribution in [1.29, 1.82) is 0 Å². The number of aromatic nitrogens is 1. The number of benzene rings is 1. The zero-order chi connectivity index (χ0) is 9.26. The van der Waals surface area contributed by atoms with Gasteiger partial charge in [-0.15, -0.1) is 0 Å². The Balaban J connectivity index is 2.87. The van der Waals surface area contributed by atoms with Crippen molar-refractivity contribution in [2.24, 2.45) is 0 Å². The molecule has 0 amide bonds. The van der Waals surface area contributed by atoms with E-state index in [-0.39, 0.29) is 5.56 Å². The Labute approximate surface area is 75.0 Å². The van der Waals surface area contributed by atoms with E-state index < -0.39 is 0 Å². The maximum Gasteiger partial charge on any atom is 0.248 e. The molecule has 0 aliphatic rings. The summed E-state index contributed by atoms with van der Waals surface area (Å²) < 4.78 is 5.08. The summed E-state index contributed by atoms with van der Waals surface area (Å²) in [7, 11) is 1.56. The number of hydrogen-bond donors (Lipinski definition) is 1. The van der Waals surface area contributed by atoms with Crippen LogP contribution in [0.1, 0.15) is 0 Å². The van der Waals surface area contributed by atoms with E-state index in [2.05, 4.69) is 11.1 Å². The third-order valence-electron chi connectivity index (χ3n) is 1.87. The van der Waals surface area contributed by atoms with Gasteiger partial charge in [-0.05, 0) is 24.3 Å². The predicted octanol–water partition coefficient (Wildman–Crippen LogP) is 1.34. The van der Waals surface area contributed by atoms with Crippen LogP contribution in [0.25, 0.3) is 10.9 Å². The van der Waals surface area contributed by atoms with E-state index in [1.54, 1.807) is 25.3 Å². The van der Waals surface area contributed by atoms with Crippen molar-refractivity contribution in [3.8, 4) is 5.75 Å². The minimum absolute atomic E-state index is 0.128. The summed E-state index contributed by atoms with van der Waals surface area (Å²) in [6.45, 7) is 0. The van der Waals surface area contributed by atoms with Gasteiger partial charge in [0, 0.05) is 11.5 Å². The van der Waals surface area contributed by atoms with Crippen LogP contribution >= 0.6 is 0 Å². The number of rotatable bonds is 1. The summed E-state index contributed by atoms with van der Waals surface area (Å²) in [5.41, 5.74) is 0.589. The Morgan fingerprint density at radius 3 is 3.00 bits per heavy atom. The summed E-state index contributed by atoms with van der Waals surface area (Å²) in [5, 5.41) is 0.916. The third-order valence-corrected chi connectivity index (χ3v) is 1.87. The molecule has 1 radical (unpaired) electrons. The number of fused-ring (bicyclic) bond motifs is 1. The molecule has 2 aromatic rings. The minimum atomic E-state index is -0.128. The summed E-state index contributed by atoms with van der Waals surface area (Å²) >= 11 is 0. The normalized spacial score (nSPS) is 10.2. The first kappa shape index (κ1) is 7.86. The highest BCUT2D eigenvalue weighted by atomic mass is 16.5. The molecule has 0 spiro atoms. The summed E-state index contributed by atoms with van der Waals surface area (Å²) in [5.74, 6) is 0.634. The molecule has 0 atom stereocenters. The van der Waals surface area contributed by atoms with Crippen molar-refractivity contribution in [2.45, 2.75) is 0 Å². The Kier molecular flexibility index (Phi) is 1.77. The molecule has 2 rings (SSSR count). The SMILES string of the molecule is COc1c[c]cc2ccc(=O)[nH]c12. The highest BCUT2D eigenvalue weighted by Crippen LogP contribution is 2.20. The lowest BCUT2D eigenvalue weighted by atomic mass is 10.2. The quantitative estimate of drug-likeness (QED) is 0.708. The van der Waals surface area contributed by atoms with E-state index in [1.807, 2.05) is 0 Å². The molecular formula is C10H8NO2. The van der Waals surface area contributed by atoms with Gasteiger partial charge in [0.2, 0.25) is 5.56 Å². The zero-order valence-corrected chi connectivity index (χ0v) is 7.13. The fourth-order valence-corrected chi connectivity index (χ4v) is 1.25. The number of hydrogen-bond acceptors (Lipinski definition) is 2. The molecule has 0 bridgehead atoms. The molecule has 1 heterocycles. The van der Waals surface area contributed by atoms with E-state index in [1.165, 1.54) is 6.07 Å². The number of ether oxygens (including phenoxy) is 1. The van der Waals surface area contributed by atoms with Crippen LogP contribution in [0.2, 0.25) is 0 Å². The average Bonchev–Trinajstić information content (AvgIpc) is 2.17. The van der Waals surface area contributed by atoms with Crippen molar-refractivity contribution in [3.05, 3.63) is 40.7 Å². The molecule has 1 aromatic heterocycles. The van der Waals surface area contributed by atoms with E-state index in [0.717, 1.165) is 5.39 Å². The monoisotopic (exact) mass is 174 g/mol. The Bertz CT molecular complexity index is 487. The fourth-order valence-electron chi connectivity index (χ4n) is 1.25. The predicted molar refractivity (Wildman–Crippen MR) is 50.0 cm³/mol. The minimum Gasteiger partial charge on any atom is -0.495 e. The van der Waals surface area contributed by atoms with Crippen LogP contribution in [-0.4, -0.2) is 12.1 Å². The second-order valence-corrected chi connectivity index (χ2v) is 2.68. The van der Waals surface area contributed by atoms with E-state index in [4.69, 9.17) is 4.74 Å². The molecule has 3 heteroatoms. The molecule has 65 valence electrons. The lowest BCUT2D eigenvalue weighted by Crippen LogP contribution is -2.03. The zero-order valence-electron chi connectivity index (χ0n) is 7.13. The van der Waals surface area contributed by atoms with E-state index >= 15 is 0 Å². The van der Waals surface area contributed by atoms with E-state index in [0.29, 0.717) is 11.3 Å². The molecular weight excluding hydrogens is 166 g/mol. The van der Waals surface area contributed by atoms with Gasteiger partial charge in [-0.25, -0.2) is 0 Å². The van der Waals surface area contributed by atoms with Crippen LogP contribution in [0.3, 0.4) is 0 Å². The highest BCUT2D eigenvalue weighted by Gasteiger charge is 2.00. The van der Waals surface area contributed by atoms with E-state index in [9.17, 15) is 4.79 Å². The van der Waals surface area contributed by atoms with Gasteiger partial charge in [0.25, 0.3) is 0 Å². The Morgan fingerprint density at radius 1 is 1.38 bits per heavy atom. The standard InChI is InChI=1S/C10H8NO2/c1-13-8-4-2-3-7-5-6-9(12)11-10(7)8/h3-6H,1H3,(H,11,12). The first-order valence-corrected chi connectivity index (χ1v) is 3.88. The van der Waals surface area contributed by atoms with Gasteiger partial charge in [0.05, 0.1) is 12.6 Å². The van der Waals surface area contributed by atoms with Gasteiger partial charge < -0.3 is 9.72 Å². The average molecular weight is 174 g/mol. The molecule has 3 nitrogen and oxygen atoms in total. The lowest BCUT2D eigenvalue weighted by Gasteiger charge is -2.02. The lowest BCUT2D eigenvalue weighted by molar-refractivity contribution is 0.418. The van der Waals surface area contributed by atoms with Crippen LogP contribution in [0.15, 0.2) is 29.1 Å². The second-order valence-electron chi connectivity index (χ2n) is 2.68. The van der Waals surface area contributed by atoms with Gasteiger partial charge in [-0.3, -0.25) is 4.79 Å². The fraction of sp³-hybridized carbons (Fsp3) is 0.100. The first-order valence-electron chi connectivity index (χ1n) is 3.88. The van der Waals surface area contributed by atoms with Crippen LogP contribution in [0, 0.1) is 6.07 Å². The van der Waals surface area contributed by atoms with Crippen molar-refractivity contribution >= 4 is 10.9 Å². The number of aromatic amines is 1. The van der Waals surface area contributed by atoms with Crippen LogP contribution in [-0.2, 0) is 0 Å². The van der Waals surface area contributed by atoms with Crippen molar-refractivity contribution in [1.82, 2.24) is 4.98 Å². The number of H-pyrrole nitrogens is 1. The largest absolute Gasteiger partial charge is 0.495 e. The maximum absolute atomic E-state index is 11.0. The molecule has 0 saturated heterocycles. The molecule has 0 aliphatic carbocycles. The maximum atomic E-state index is 11.0. The molecule has 1 N–H and O–H groups in total. The van der Waals surface area contributed by atoms with Crippen LogP contribution < -0.4 is 10.3 Å². The summed E-state index contributed by atoms with van der Waals surface area (Å²) in [6, 6.07) is 9.64. The van der Waals surface area contributed by atoms with Crippen LogP contribution in [0.4, 0.5) is 0 Å². The molecule has 13 heavy (non-hydrogen) atoms. The van der Waals surface area contributed by atoms with Crippen molar-refractivity contribution in [3.63, 3.8) is 0 Å². The highest BCUT2D eigenvalue weighted by molar-refractivity contribution is 5.83. The second kappa shape index (κ2) is 2.94. The number of pyridine rings is 1. The topological polar surface area (TPSA) is 42.1 Å². The van der Waals surface area contributed by atoms with Gasteiger partial charge >= 0.3 is 0 Å². The molecule has 0 aliphatic heterocycles. The Morgan fingerprint density at radius 2 is 2.23 bits per heavy atom. The number of nitrogens with one attached hydrogen (secondary N) is 1. The summed E-state index contributed by atoms with van der Waals surface area (Å²) in [6.07, 6.45) is 0. The third kappa shape index (κ3) is 1.28. The van der Waals surface area contributed by atoms with Gasteiger partial charge in [0.15, 0.2) is 0 Å². The van der Waals surface area contributed by atoms with Gasteiger partial charge in [0.1, 0.15) is 5.75 Å². The molecule has 1 aromatic carbocycles. The smallest absolute Gasteiger partial charge is 0.248 e. The summed E-state index contributed by atoms with van der Waals surface area (Å²) in [4.78, 5) is 13.7. The Hall–Kier alpha value is -1.77. The first-order chi connectivity index (χ1) is 6.31.